The Kier molecular flexibility index (Phi) is 3.76. The van der Waals surface area contributed by atoms with Crippen molar-refractivity contribution in [2.24, 2.45) is 0 Å². The molecule has 26 heavy (non-hydrogen) atoms. The molecule has 0 fully saturated rings. The number of hydrogen-bond donors (Lipinski definition) is 1. The lowest BCUT2D eigenvalue weighted by molar-refractivity contribution is 0.625. The topological polar surface area (TPSA) is 72.7 Å². The Hall–Kier alpha value is -3.48. The molecule has 0 unspecified atom stereocenters. The van der Waals surface area contributed by atoms with Crippen LogP contribution >= 0.6 is 0 Å². The van der Waals surface area contributed by atoms with Crippen LogP contribution in [0.4, 0.5) is 4.39 Å². The van der Waals surface area contributed by atoms with Crippen molar-refractivity contribution in [3.05, 3.63) is 92.6 Å². The van der Waals surface area contributed by atoms with Crippen LogP contribution in [0.15, 0.2) is 64.4 Å². The van der Waals surface area contributed by atoms with Gasteiger partial charge in [0.1, 0.15) is 5.82 Å². The number of fused-ring (bicyclic) bond motifs is 1. The predicted octanol–water partition coefficient (Wildman–Crippen LogP) is 2.37. The Morgan fingerprint density at radius 2 is 1.88 bits per heavy atom. The van der Waals surface area contributed by atoms with Gasteiger partial charge in [0.2, 0.25) is 0 Å². The van der Waals surface area contributed by atoms with E-state index in [1.165, 1.54) is 28.9 Å². The Morgan fingerprint density at radius 3 is 2.62 bits per heavy atom. The van der Waals surface area contributed by atoms with E-state index >= 15 is 0 Å². The minimum atomic E-state index is -0.443. The van der Waals surface area contributed by atoms with E-state index in [4.69, 9.17) is 0 Å². The van der Waals surface area contributed by atoms with E-state index in [-0.39, 0.29) is 11.1 Å². The molecule has 6 nitrogen and oxygen atoms in total. The molecule has 3 heterocycles. The third-order valence-electron chi connectivity index (χ3n) is 4.38. The maximum absolute atomic E-state index is 13.5. The molecule has 0 bridgehead atoms. The molecule has 0 aliphatic carbocycles. The first-order chi connectivity index (χ1) is 12.5. The second-order valence-electron chi connectivity index (χ2n) is 6.03. The molecule has 0 saturated carbocycles. The molecule has 1 aromatic carbocycles. The number of aromatic nitrogens is 4. The van der Waals surface area contributed by atoms with Crippen LogP contribution in [0.3, 0.4) is 0 Å². The van der Waals surface area contributed by atoms with Crippen LogP contribution in [0.5, 0.6) is 0 Å². The van der Waals surface area contributed by atoms with Gasteiger partial charge in [0.25, 0.3) is 11.1 Å². The molecule has 130 valence electrons. The second kappa shape index (κ2) is 6.11. The van der Waals surface area contributed by atoms with Crippen LogP contribution in [0.2, 0.25) is 0 Å². The first-order valence-corrected chi connectivity index (χ1v) is 8.04. The van der Waals surface area contributed by atoms with E-state index < -0.39 is 5.82 Å². The van der Waals surface area contributed by atoms with Crippen molar-refractivity contribution >= 4 is 10.9 Å². The number of aromatic amines is 1. The quantitative estimate of drug-likeness (QED) is 0.616. The highest BCUT2D eigenvalue weighted by atomic mass is 19.1. The third-order valence-corrected chi connectivity index (χ3v) is 4.38. The molecule has 1 N–H and O–H groups in total. The number of halogens is 1. The molecule has 0 aliphatic heterocycles. The highest BCUT2D eigenvalue weighted by molar-refractivity contribution is 5.80. The molecule has 0 aliphatic rings. The summed E-state index contributed by atoms with van der Waals surface area (Å²) in [7, 11) is 0. The highest BCUT2D eigenvalue weighted by Gasteiger charge is 2.15. The summed E-state index contributed by atoms with van der Waals surface area (Å²) in [4.78, 5) is 29.4. The van der Waals surface area contributed by atoms with E-state index in [0.717, 1.165) is 5.56 Å². The number of benzene rings is 1. The number of nitrogens with zero attached hydrogens (tertiary/aromatic N) is 3. The van der Waals surface area contributed by atoms with E-state index in [1.807, 2.05) is 12.1 Å². The molecule has 7 heteroatoms. The van der Waals surface area contributed by atoms with Crippen LogP contribution < -0.4 is 11.1 Å². The van der Waals surface area contributed by atoms with Crippen molar-refractivity contribution in [2.75, 3.05) is 0 Å². The molecular formula is C19H15FN4O2. The molecule has 0 radical (unpaired) electrons. The van der Waals surface area contributed by atoms with Crippen LogP contribution in [-0.4, -0.2) is 19.3 Å². The third kappa shape index (κ3) is 2.63. The summed E-state index contributed by atoms with van der Waals surface area (Å²) >= 11 is 0. The van der Waals surface area contributed by atoms with Crippen molar-refractivity contribution in [1.82, 2.24) is 19.3 Å². The van der Waals surface area contributed by atoms with E-state index in [9.17, 15) is 14.0 Å². The standard InChI is InChI=1S/C19H15FN4O2/c1-12-18-16(10-17(25)23(12)11-13-5-7-21-8-6-13)22-24(19(18)26)15-4-2-3-14(20)9-15/h2-10,22H,11H2,1H3. The number of rotatable bonds is 3. The van der Waals surface area contributed by atoms with Gasteiger partial charge in [0, 0.05) is 24.2 Å². The summed E-state index contributed by atoms with van der Waals surface area (Å²) in [6.07, 6.45) is 3.31. The van der Waals surface area contributed by atoms with Crippen molar-refractivity contribution in [3.8, 4) is 5.69 Å². The van der Waals surface area contributed by atoms with Crippen molar-refractivity contribution < 1.29 is 4.39 Å². The van der Waals surface area contributed by atoms with Crippen LogP contribution in [0, 0.1) is 12.7 Å². The van der Waals surface area contributed by atoms with Crippen molar-refractivity contribution in [3.63, 3.8) is 0 Å². The van der Waals surface area contributed by atoms with E-state index in [1.54, 1.807) is 30.0 Å². The average molecular weight is 350 g/mol. The first kappa shape index (κ1) is 16.0. The summed E-state index contributed by atoms with van der Waals surface area (Å²) < 4.78 is 16.3. The predicted molar refractivity (Wildman–Crippen MR) is 96.2 cm³/mol. The zero-order valence-corrected chi connectivity index (χ0v) is 13.9. The van der Waals surface area contributed by atoms with Gasteiger partial charge in [-0.1, -0.05) is 6.07 Å². The van der Waals surface area contributed by atoms with Crippen LogP contribution in [0.1, 0.15) is 11.3 Å². The Morgan fingerprint density at radius 1 is 1.12 bits per heavy atom. The maximum atomic E-state index is 13.5. The summed E-state index contributed by atoms with van der Waals surface area (Å²) in [6.45, 7) is 2.07. The summed E-state index contributed by atoms with van der Waals surface area (Å²) in [6, 6.07) is 10.7. The molecule has 0 spiro atoms. The van der Waals surface area contributed by atoms with Gasteiger partial charge in [-0.05, 0) is 42.8 Å². The number of H-pyrrole nitrogens is 1. The van der Waals surface area contributed by atoms with Crippen LogP contribution in [-0.2, 0) is 6.54 Å². The Labute approximate surface area is 147 Å². The minimum Gasteiger partial charge on any atom is -0.308 e. The Balaban J connectivity index is 1.91. The fraction of sp³-hybridized carbons (Fsp3) is 0.105. The summed E-state index contributed by atoms with van der Waals surface area (Å²) in [5.74, 6) is -0.443. The number of hydrogen-bond acceptors (Lipinski definition) is 3. The average Bonchev–Trinajstić information content (AvgIpc) is 2.96. The zero-order valence-electron chi connectivity index (χ0n) is 13.9. The summed E-state index contributed by atoms with van der Waals surface area (Å²) in [5, 5.41) is 3.30. The lowest BCUT2D eigenvalue weighted by Crippen LogP contribution is -2.23. The molecular weight excluding hydrogens is 335 g/mol. The minimum absolute atomic E-state index is 0.223. The SMILES string of the molecule is Cc1c2c(=O)n(-c3cccc(F)c3)[nH]c2cc(=O)n1Cc1ccncc1. The second-order valence-corrected chi connectivity index (χ2v) is 6.03. The maximum Gasteiger partial charge on any atom is 0.280 e. The van der Waals surface area contributed by atoms with Gasteiger partial charge in [-0.25, -0.2) is 9.07 Å². The molecule has 3 aromatic heterocycles. The van der Waals surface area contributed by atoms with Gasteiger partial charge in [0.05, 0.1) is 23.1 Å². The smallest absolute Gasteiger partial charge is 0.280 e. The Bertz CT molecular complexity index is 1220. The largest absolute Gasteiger partial charge is 0.308 e. The van der Waals surface area contributed by atoms with Crippen molar-refractivity contribution in [1.29, 1.82) is 0 Å². The number of aryl methyl sites for hydroxylation is 1. The monoisotopic (exact) mass is 350 g/mol. The highest BCUT2D eigenvalue weighted by Crippen LogP contribution is 2.15. The van der Waals surface area contributed by atoms with Gasteiger partial charge in [0.15, 0.2) is 0 Å². The fourth-order valence-corrected chi connectivity index (χ4v) is 3.07. The van der Waals surface area contributed by atoms with Gasteiger partial charge in [-0.3, -0.25) is 19.7 Å². The van der Waals surface area contributed by atoms with E-state index in [0.29, 0.717) is 28.8 Å². The molecule has 0 saturated heterocycles. The number of pyridine rings is 2. The lowest BCUT2D eigenvalue weighted by Gasteiger charge is -2.09. The van der Waals surface area contributed by atoms with Gasteiger partial charge in [-0.15, -0.1) is 0 Å². The zero-order chi connectivity index (χ0) is 18.3. The lowest BCUT2D eigenvalue weighted by atomic mass is 10.2. The molecule has 0 amide bonds. The molecule has 4 rings (SSSR count). The molecule has 0 atom stereocenters. The first-order valence-electron chi connectivity index (χ1n) is 8.04. The van der Waals surface area contributed by atoms with Gasteiger partial charge >= 0.3 is 0 Å². The van der Waals surface area contributed by atoms with Gasteiger partial charge in [-0.2, -0.15) is 0 Å². The van der Waals surface area contributed by atoms with Gasteiger partial charge < -0.3 is 4.57 Å². The van der Waals surface area contributed by atoms with Crippen molar-refractivity contribution in [2.45, 2.75) is 13.5 Å². The molecule has 4 aromatic rings. The summed E-state index contributed by atoms with van der Waals surface area (Å²) in [5.41, 5.74) is 1.71. The fourth-order valence-electron chi connectivity index (χ4n) is 3.07. The van der Waals surface area contributed by atoms with E-state index in [2.05, 4.69) is 10.1 Å². The van der Waals surface area contributed by atoms with Crippen LogP contribution in [0.25, 0.3) is 16.6 Å². The normalized spacial score (nSPS) is 11.2. The number of nitrogens with one attached hydrogen (secondary N) is 1.